The summed E-state index contributed by atoms with van der Waals surface area (Å²) in [7, 11) is 0. The molecule has 62 valence electrons. The van der Waals surface area contributed by atoms with Crippen molar-refractivity contribution < 1.29 is 9.53 Å². The van der Waals surface area contributed by atoms with Crippen molar-refractivity contribution in [2.24, 2.45) is 0 Å². The second-order valence-corrected chi connectivity index (χ2v) is 2.36. The molecule has 0 saturated carbocycles. The first-order valence-corrected chi connectivity index (χ1v) is 3.57. The highest BCUT2D eigenvalue weighted by Crippen LogP contribution is 2.14. The van der Waals surface area contributed by atoms with E-state index in [0.717, 1.165) is 0 Å². The molecule has 1 aromatic rings. The fraction of sp³-hybridized carbons (Fsp3) is 0.286. The Morgan fingerprint density at radius 1 is 1.42 bits per heavy atom. The molecule has 0 aromatic carbocycles. The van der Waals surface area contributed by atoms with Crippen LogP contribution in [0.5, 0.6) is 0 Å². The zero-order chi connectivity index (χ0) is 8.39. The summed E-state index contributed by atoms with van der Waals surface area (Å²) in [6.45, 7) is 1.01. The number of cyclic esters (lactones) is 1. The minimum Gasteiger partial charge on any atom is -0.447 e. The third kappa shape index (κ3) is 1.09. The standard InChI is InChI=1S/C7H7N3O2/c11-7-10(1-2-12-7)6-3-8-5-9-4-6/h3-5H,1-2H2. The van der Waals surface area contributed by atoms with Gasteiger partial charge in [0.15, 0.2) is 0 Å². The maximum Gasteiger partial charge on any atom is 0.414 e. The molecule has 0 radical (unpaired) electrons. The van der Waals surface area contributed by atoms with Gasteiger partial charge in [-0.2, -0.15) is 0 Å². The molecule has 2 heterocycles. The number of hydrogen-bond donors (Lipinski definition) is 0. The molecular formula is C7H7N3O2. The van der Waals surface area contributed by atoms with Gasteiger partial charge in [0.1, 0.15) is 12.9 Å². The second-order valence-electron chi connectivity index (χ2n) is 2.36. The van der Waals surface area contributed by atoms with Gasteiger partial charge in [-0.3, -0.25) is 4.90 Å². The van der Waals surface area contributed by atoms with Crippen molar-refractivity contribution in [2.45, 2.75) is 0 Å². The smallest absolute Gasteiger partial charge is 0.414 e. The Balaban J connectivity index is 2.25. The quantitative estimate of drug-likeness (QED) is 0.605. The van der Waals surface area contributed by atoms with Gasteiger partial charge in [0.25, 0.3) is 0 Å². The Hall–Kier alpha value is -1.65. The highest BCUT2D eigenvalue weighted by molar-refractivity contribution is 5.88. The molecule has 5 nitrogen and oxygen atoms in total. The van der Waals surface area contributed by atoms with Gasteiger partial charge >= 0.3 is 6.09 Å². The number of hydrogen-bond acceptors (Lipinski definition) is 4. The number of amides is 1. The second kappa shape index (κ2) is 2.77. The molecule has 0 spiro atoms. The lowest BCUT2D eigenvalue weighted by atomic mass is 10.4. The van der Waals surface area contributed by atoms with Crippen molar-refractivity contribution in [1.29, 1.82) is 0 Å². The van der Waals surface area contributed by atoms with Crippen LogP contribution in [0.25, 0.3) is 0 Å². The molecule has 1 aliphatic heterocycles. The number of ether oxygens (including phenoxy) is 1. The molecule has 0 atom stereocenters. The maximum atomic E-state index is 11.0. The molecule has 0 N–H and O–H groups in total. The van der Waals surface area contributed by atoms with Crippen LogP contribution in [-0.4, -0.2) is 29.2 Å². The average molecular weight is 165 g/mol. The molecule has 12 heavy (non-hydrogen) atoms. The van der Waals surface area contributed by atoms with Gasteiger partial charge in [-0.05, 0) is 0 Å². The van der Waals surface area contributed by atoms with E-state index < -0.39 is 0 Å². The predicted octanol–water partition coefficient (Wildman–Crippen LogP) is 0.433. The number of carbonyl (C=O) groups excluding carboxylic acids is 1. The zero-order valence-corrected chi connectivity index (χ0v) is 6.30. The predicted molar refractivity (Wildman–Crippen MR) is 40.7 cm³/mol. The Morgan fingerprint density at radius 2 is 2.17 bits per heavy atom. The summed E-state index contributed by atoms with van der Waals surface area (Å²) in [5.74, 6) is 0. The molecule has 1 aliphatic rings. The Kier molecular flexibility index (Phi) is 1.62. The molecular weight excluding hydrogens is 158 g/mol. The van der Waals surface area contributed by atoms with Gasteiger partial charge < -0.3 is 4.74 Å². The number of aromatic nitrogens is 2. The van der Waals surface area contributed by atoms with Crippen LogP contribution in [0.3, 0.4) is 0 Å². The van der Waals surface area contributed by atoms with Gasteiger partial charge in [-0.15, -0.1) is 0 Å². The molecule has 1 amide bonds. The lowest BCUT2D eigenvalue weighted by Crippen LogP contribution is -2.23. The van der Waals surface area contributed by atoms with Crippen LogP contribution >= 0.6 is 0 Å². The van der Waals surface area contributed by atoms with Gasteiger partial charge in [-0.25, -0.2) is 14.8 Å². The van der Waals surface area contributed by atoms with Crippen LogP contribution in [0.1, 0.15) is 0 Å². The van der Waals surface area contributed by atoms with Gasteiger partial charge in [0.2, 0.25) is 0 Å². The Bertz CT molecular complexity index is 288. The van der Waals surface area contributed by atoms with E-state index in [1.807, 2.05) is 0 Å². The zero-order valence-electron chi connectivity index (χ0n) is 6.30. The molecule has 0 aliphatic carbocycles. The first-order valence-electron chi connectivity index (χ1n) is 3.57. The minimum atomic E-state index is -0.329. The summed E-state index contributed by atoms with van der Waals surface area (Å²) in [5.41, 5.74) is 0.681. The van der Waals surface area contributed by atoms with Crippen LogP contribution < -0.4 is 4.90 Å². The topological polar surface area (TPSA) is 55.3 Å². The first-order chi connectivity index (χ1) is 5.88. The summed E-state index contributed by atoms with van der Waals surface area (Å²) in [4.78, 5) is 20.1. The van der Waals surface area contributed by atoms with E-state index in [1.165, 1.54) is 11.2 Å². The fourth-order valence-electron chi connectivity index (χ4n) is 1.06. The molecule has 0 bridgehead atoms. The summed E-state index contributed by atoms with van der Waals surface area (Å²) in [5, 5.41) is 0. The molecule has 1 saturated heterocycles. The molecule has 5 heteroatoms. The molecule has 1 aromatic heterocycles. The largest absolute Gasteiger partial charge is 0.447 e. The van der Waals surface area contributed by atoms with Crippen molar-refractivity contribution in [3.05, 3.63) is 18.7 Å². The van der Waals surface area contributed by atoms with E-state index in [4.69, 9.17) is 4.74 Å². The maximum absolute atomic E-state index is 11.0. The summed E-state index contributed by atoms with van der Waals surface area (Å²) in [6, 6.07) is 0. The van der Waals surface area contributed by atoms with Crippen LogP contribution in [0, 0.1) is 0 Å². The number of anilines is 1. The highest BCUT2D eigenvalue weighted by Gasteiger charge is 2.23. The van der Waals surface area contributed by atoms with Crippen molar-refractivity contribution >= 4 is 11.8 Å². The van der Waals surface area contributed by atoms with Crippen molar-refractivity contribution in [1.82, 2.24) is 9.97 Å². The summed E-state index contributed by atoms with van der Waals surface area (Å²) in [6.07, 6.45) is 4.26. The number of carbonyl (C=O) groups is 1. The van der Waals surface area contributed by atoms with E-state index in [0.29, 0.717) is 18.8 Å². The fourth-order valence-corrected chi connectivity index (χ4v) is 1.06. The van der Waals surface area contributed by atoms with Crippen LogP contribution in [0.4, 0.5) is 10.5 Å². The number of rotatable bonds is 1. The molecule has 0 unspecified atom stereocenters. The monoisotopic (exact) mass is 165 g/mol. The van der Waals surface area contributed by atoms with Crippen LogP contribution in [0.15, 0.2) is 18.7 Å². The van der Waals surface area contributed by atoms with Gasteiger partial charge in [-0.1, -0.05) is 0 Å². The molecule has 1 fully saturated rings. The van der Waals surface area contributed by atoms with E-state index in [2.05, 4.69) is 9.97 Å². The van der Waals surface area contributed by atoms with E-state index >= 15 is 0 Å². The highest BCUT2D eigenvalue weighted by atomic mass is 16.6. The van der Waals surface area contributed by atoms with E-state index in [1.54, 1.807) is 12.4 Å². The van der Waals surface area contributed by atoms with Crippen LogP contribution in [0.2, 0.25) is 0 Å². The summed E-state index contributed by atoms with van der Waals surface area (Å²) >= 11 is 0. The number of nitrogens with zero attached hydrogens (tertiary/aromatic N) is 3. The lowest BCUT2D eigenvalue weighted by Gasteiger charge is -2.09. The average Bonchev–Trinajstić information content (AvgIpc) is 2.53. The Morgan fingerprint density at radius 3 is 2.75 bits per heavy atom. The van der Waals surface area contributed by atoms with Crippen molar-refractivity contribution in [2.75, 3.05) is 18.1 Å². The van der Waals surface area contributed by atoms with Crippen molar-refractivity contribution in [3.8, 4) is 0 Å². The SMILES string of the molecule is O=C1OCCN1c1cncnc1. The van der Waals surface area contributed by atoms with Crippen molar-refractivity contribution in [3.63, 3.8) is 0 Å². The van der Waals surface area contributed by atoms with Crippen LogP contribution in [-0.2, 0) is 4.74 Å². The normalized spacial score (nSPS) is 16.3. The third-order valence-electron chi connectivity index (χ3n) is 1.62. The first kappa shape index (κ1) is 7.02. The van der Waals surface area contributed by atoms with E-state index in [-0.39, 0.29) is 6.09 Å². The lowest BCUT2D eigenvalue weighted by molar-refractivity contribution is 0.181. The van der Waals surface area contributed by atoms with Gasteiger partial charge in [0, 0.05) is 0 Å². The third-order valence-corrected chi connectivity index (χ3v) is 1.62. The van der Waals surface area contributed by atoms with E-state index in [9.17, 15) is 4.79 Å². The minimum absolute atomic E-state index is 0.329. The Labute approximate surface area is 69.0 Å². The molecule has 2 rings (SSSR count). The summed E-state index contributed by atoms with van der Waals surface area (Å²) < 4.78 is 4.75. The van der Waals surface area contributed by atoms with Gasteiger partial charge in [0.05, 0.1) is 24.6 Å².